The summed E-state index contributed by atoms with van der Waals surface area (Å²) in [6, 6.07) is 0. The van der Waals surface area contributed by atoms with Crippen molar-refractivity contribution >= 4 is 5.97 Å². The lowest BCUT2D eigenvalue weighted by molar-refractivity contribution is -0.300. The first-order valence-corrected chi connectivity index (χ1v) is 18.1. The van der Waals surface area contributed by atoms with E-state index >= 15 is 0 Å². The van der Waals surface area contributed by atoms with Crippen molar-refractivity contribution in [3.05, 3.63) is 11.6 Å². The highest BCUT2D eigenvalue weighted by molar-refractivity contribution is 5.66. The van der Waals surface area contributed by atoms with Crippen LogP contribution in [-0.2, 0) is 28.5 Å². The third-order valence-corrected chi connectivity index (χ3v) is 15.6. The van der Waals surface area contributed by atoms with Gasteiger partial charge in [0.2, 0.25) is 0 Å². The van der Waals surface area contributed by atoms with E-state index in [0.717, 1.165) is 44.9 Å². The minimum Gasteiger partial charge on any atom is -0.457 e. The summed E-state index contributed by atoms with van der Waals surface area (Å²) >= 11 is 0. The minimum absolute atomic E-state index is 0.00363. The van der Waals surface area contributed by atoms with Gasteiger partial charge in [0.1, 0.15) is 36.1 Å². The SMILES string of the molecule is CC(=O)OC(C)(C)[C@H]1O[C@@]23O[C@@H]1C[C@@H](C)[C@@H]2[C@@]1(C)CC[C@@]24C[C@@]25CC[C@H](O[C@@H]2OC[C@H](O)[C@H](O)[C@H]2O)C(C)(C)C5CC=C4[C@]1(C)[C@H]3O. The number of allylic oxidation sites excluding steroid dienone is 1. The van der Waals surface area contributed by atoms with Gasteiger partial charge < -0.3 is 44.1 Å². The zero-order chi connectivity index (χ0) is 33.9. The van der Waals surface area contributed by atoms with Crippen LogP contribution in [0.3, 0.4) is 0 Å². The van der Waals surface area contributed by atoms with Gasteiger partial charge in [-0.3, -0.25) is 4.79 Å². The number of esters is 1. The first-order chi connectivity index (χ1) is 21.8. The van der Waals surface area contributed by atoms with E-state index in [9.17, 15) is 25.2 Å². The molecule has 0 radical (unpaired) electrons. The average Bonchev–Trinajstić information content (AvgIpc) is 3.49. The van der Waals surface area contributed by atoms with Crippen molar-refractivity contribution in [3.8, 4) is 0 Å². The maximum atomic E-state index is 12.8. The van der Waals surface area contributed by atoms with Crippen LogP contribution in [0.4, 0.5) is 0 Å². The van der Waals surface area contributed by atoms with E-state index in [-0.39, 0.29) is 58.3 Å². The predicted molar refractivity (Wildman–Crippen MR) is 168 cm³/mol. The standard InChI is InChI=1S/C37H56O10/c1-18-15-21-28(32(5,6)45-19(2)38)47-37(46-21)27(18)33(7)13-14-36-17-35(36)12-11-24(44-29-26(41)25(40)20(39)16-43-29)31(3,4)22(35)9-10-23(36)34(33,8)30(37)42/h10,18,20-22,24-30,39-42H,9,11-17H2,1-8H3/t18-,20+,21-,22?,24+,25+,26-,27-,28+,29+,30-,33-,34-,35-,36+,37+/m1/s1. The maximum absolute atomic E-state index is 12.8. The highest BCUT2D eigenvalue weighted by atomic mass is 16.8. The number of aliphatic hydroxyl groups is 4. The van der Waals surface area contributed by atoms with E-state index < -0.39 is 53.6 Å². The van der Waals surface area contributed by atoms with Crippen molar-refractivity contribution in [1.82, 2.24) is 0 Å². The molecule has 10 heteroatoms. The molecule has 0 amide bonds. The molecule has 3 heterocycles. The Hall–Kier alpha value is -1.11. The molecule has 47 heavy (non-hydrogen) atoms. The number of carbonyl (C=O) groups excluding carboxylic acids is 1. The van der Waals surface area contributed by atoms with Crippen molar-refractivity contribution in [1.29, 1.82) is 0 Å². The van der Waals surface area contributed by atoms with Crippen LogP contribution in [0.1, 0.15) is 100 Å². The summed E-state index contributed by atoms with van der Waals surface area (Å²) in [6.07, 6.45) is 2.55. The van der Waals surface area contributed by atoms with Crippen molar-refractivity contribution in [3.63, 3.8) is 0 Å². The quantitative estimate of drug-likeness (QED) is 0.261. The highest BCUT2D eigenvalue weighted by Gasteiger charge is 2.86. The molecule has 0 aromatic rings. The van der Waals surface area contributed by atoms with Gasteiger partial charge in [-0.15, -0.1) is 0 Å². The van der Waals surface area contributed by atoms with Crippen molar-refractivity contribution in [2.45, 2.75) is 161 Å². The van der Waals surface area contributed by atoms with E-state index in [1.54, 1.807) is 0 Å². The van der Waals surface area contributed by atoms with Crippen LogP contribution in [0.25, 0.3) is 0 Å². The van der Waals surface area contributed by atoms with E-state index in [0.29, 0.717) is 5.92 Å². The molecule has 16 atom stereocenters. The lowest BCUT2D eigenvalue weighted by Crippen LogP contribution is -2.58. The van der Waals surface area contributed by atoms with Crippen LogP contribution < -0.4 is 0 Å². The predicted octanol–water partition coefficient (Wildman–Crippen LogP) is 3.61. The van der Waals surface area contributed by atoms with Gasteiger partial charge >= 0.3 is 5.97 Å². The summed E-state index contributed by atoms with van der Waals surface area (Å²) in [5, 5.41) is 43.6. The molecule has 3 saturated heterocycles. The fraction of sp³-hybridized carbons (Fsp3) is 0.919. The van der Waals surface area contributed by atoms with Gasteiger partial charge in [-0.2, -0.15) is 0 Å². The number of hydrogen-bond acceptors (Lipinski definition) is 10. The first-order valence-electron chi connectivity index (χ1n) is 18.1. The number of fused-ring (bicyclic) bond motifs is 4. The van der Waals surface area contributed by atoms with Crippen LogP contribution in [0.15, 0.2) is 11.6 Å². The van der Waals surface area contributed by atoms with Crippen LogP contribution in [-0.4, -0.2) is 93.4 Å². The molecule has 0 aromatic carbocycles. The average molecular weight is 661 g/mol. The molecule has 5 aliphatic carbocycles. The molecule has 2 bridgehead atoms. The topological polar surface area (TPSA) is 144 Å². The molecule has 8 rings (SSSR count). The third-order valence-electron chi connectivity index (χ3n) is 15.6. The second-order valence-electron chi connectivity index (χ2n) is 18.4. The molecule has 7 fully saturated rings. The zero-order valence-electron chi connectivity index (χ0n) is 29.3. The zero-order valence-corrected chi connectivity index (χ0v) is 29.3. The molecule has 8 aliphatic rings. The second kappa shape index (κ2) is 9.81. The highest BCUT2D eigenvalue weighted by Crippen LogP contribution is 2.89. The normalized spacial score (nSPS) is 57.1. The van der Waals surface area contributed by atoms with Crippen molar-refractivity contribution in [2.24, 2.45) is 44.8 Å². The molecule has 4 saturated carbocycles. The summed E-state index contributed by atoms with van der Waals surface area (Å²) in [6.45, 7) is 16.6. The molecule has 10 nitrogen and oxygen atoms in total. The van der Waals surface area contributed by atoms with Gasteiger partial charge in [-0.25, -0.2) is 0 Å². The Morgan fingerprint density at radius 1 is 1.02 bits per heavy atom. The summed E-state index contributed by atoms with van der Waals surface area (Å²) < 4.78 is 31.8. The van der Waals surface area contributed by atoms with E-state index in [1.165, 1.54) is 12.5 Å². The maximum Gasteiger partial charge on any atom is 0.303 e. The molecule has 4 N–H and O–H groups in total. The lowest BCUT2D eigenvalue weighted by atomic mass is 9.44. The number of carbonyl (C=O) groups is 1. The third kappa shape index (κ3) is 3.83. The Morgan fingerprint density at radius 3 is 2.45 bits per heavy atom. The number of hydrogen-bond donors (Lipinski definition) is 4. The smallest absolute Gasteiger partial charge is 0.303 e. The van der Waals surface area contributed by atoms with Gasteiger partial charge in [-0.05, 0) is 92.3 Å². The van der Waals surface area contributed by atoms with Crippen molar-refractivity contribution < 1.29 is 48.9 Å². The number of ether oxygens (including phenoxy) is 5. The molecular weight excluding hydrogens is 604 g/mol. The van der Waals surface area contributed by atoms with Gasteiger partial charge in [-0.1, -0.05) is 46.3 Å². The Labute approximate surface area is 278 Å². The molecule has 3 aliphatic heterocycles. The molecular formula is C37H56O10. The molecule has 1 unspecified atom stereocenters. The van der Waals surface area contributed by atoms with Gasteiger partial charge in [0.25, 0.3) is 0 Å². The van der Waals surface area contributed by atoms with Crippen LogP contribution in [0.5, 0.6) is 0 Å². The van der Waals surface area contributed by atoms with Crippen LogP contribution >= 0.6 is 0 Å². The summed E-state index contributed by atoms with van der Waals surface area (Å²) in [5.74, 6) is -0.922. The lowest BCUT2D eigenvalue weighted by Gasteiger charge is -2.60. The Balaban J connectivity index is 1.12. The minimum atomic E-state index is -1.31. The van der Waals surface area contributed by atoms with E-state index in [2.05, 4.69) is 40.7 Å². The largest absolute Gasteiger partial charge is 0.457 e. The number of aliphatic hydroxyl groups excluding tert-OH is 4. The molecule has 0 aromatic heterocycles. The number of rotatable bonds is 4. The monoisotopic (exact) mass is 660 g/mol. The van der Waals surface area contributed by atoms with Crippen LogP contribution in [0, 0.1) is 44.8 Å². The van der Waals surface area contributed by atoms with Gasteiger partial charge in [0.05, 0.1) is 18.8 Å². The van der Waals surface area contributed by atoms with Gasteiger partial charge in [0, 0.05) is 18.3 Å². The van der Waals surface area contributed by atoms with Crippen LogP contribution in [0.2, 0.25) is 0 Å². The Morgan fingerprint density at radius 2 is 1.74 bits per heavy atom. The van der Waals surface area contributed by atoms with Gasteiger partial charge in [0.15, 0.2) is 12.1 Å². The van der Waals surface area contributed by atoms with E-state index in [1.807, 2.05) is 13.8 Å². The molecule has 3 spiro atoms. The fourth-order valence-corrected chi connectivity index (χ4v) is 13.5. The summed E-state index contributed by atoms with van der Waals surface area (Å²) in [7, 11) is 0. The fourth-order valence-electron chi connectivity index (χ4n) is 13.5. The Kier molecular flexibility index (Phi) is 6.90. The summed E-state index contributed by atoms with van der Waals surface area (Å²) in [4.78, 5) is 12.1. The Bertz CT molecular complexity index is 1380. The molecule has 264 valence electrons. The summed E-state index contributed by atoms with van der Waals surface area (Å²) in [5.41, 5.74) is -0.442. The first kappa shape index (κ1) is 33.1. The second-order valence-corrected chi connectivity index (χ2v) is 18.4. The van der Waals surface area contributed by atoms with Crippen molar-refractivity contribution in [2.75, 3.05) is 6.61 Å². The van der Waals surface area contributed by atoms with E-state index in [4.69, 9.17) is 23.7 Å².